The van der Waals surface area contributed by atoms with Gasteiger partial charge in [0.1, 0.15) is 6.54 Å². The minimum atomic E-state index is -0.802. The van der Waals surface area contributed by atoms with Crippen LogP contribution in [-0.4, -0.2) is 50.8 Å². The van der Waals surface area contributed by atoms with Crippen LogP contribution in [0.2, 0.25) is 0 Å². The van der Waals surface area contributed by atoms with Crippen LogP contribution in [0, 0.1) is 0 Å². The summed E-state index contributed by atoms with van der Waals surface area (Å²) < 4.78 is 15.2. The molecule has 1 aliphatic rings. The van der Waals surface area contributed by atoms with Gasteiger partial charge >= 0.3 is 5.97 Å². The highest BCUT2D eigenvalue weighted by molar-refractivity contribution is 6.52. The number of Topliss-reactive ketones (excluding diaryl/α,β-unsaturated/α-hetero) is 2. The normalized spacial score (nSPS) is 12.6. The van der Waals surface area contributed by atoms with Crippen LogP contribution in [0.1, 0.15) is 20.7 Å². The van der Waals surface area contributed by atoms with E-state index in [1.807, 2.05) is 0 Å². The van der Waals surface area contributed by atoms with Crippen LogP contribution in [0.5, 0.6) is 11.5 Å². The van der Waals surface area contributed by atoms with Crippen molar-refractivity contribution in [2.45, 2.75) is 0 Å². The Morgan fingerprint density at radius 2 is 1.68 bits per heavy atom. The van der Waals surface area contributed by atoms with Gasteiger partial charge in [-0.1, -0.05) is 12.1 Å². The molecule has 0 saturated heterocycles. The Morgan fingerprint density at radius 1 is 0.964 bits per heavy atom. The first-order valence-electron chi connectivity index (χ1n) is 8.32. The predicted octanol–water partition coefficient (Wildman–Crippen LogP) is 1.66. The summed E-state index contributed by atoms with van der Waals surface area (Å²) in [6.07, 6.45) is 0. The molecule has 0 spiro atoms. The molecule has 28 heavy (non-hydrogen) atoms. The highest BCUT2D eigenvalue weighted by atomic mass is 16.5. The van der Waals surface area contributed by atoms with E-state index in [0.29, 0.717) is 17.2 Å². The van der Waals surface area contributed by atoms with Gasteiger partial charge < -0.3 is 14.2 Å². The number of esters is 1. The first-order chi connectivity index (χ1) is 13.5. The Bertz CT molecular complexity index is 967. The smallest absolute Gasteiger partial charge is 0.326 e. The van der Waals surface area contributed by atoms with Crippen LogP contribution in [-0.2, 0) is 14.3 Å². The lowest BCUT2D eigenvalue weighted by molar-refractivity contribution is -0.141. The number of rotatable bonds is 7. The zero-order valence-corrected chi connectivity index (χ0v) is 15.3. The summed E-state index contributed by atoms with van der Waals surface area (Å²) in [7, 11) is 2.92. The number of hydrogen-bond acceptors (Lipinski definition) is 7. The fraction of sp³-hybridized carbons (Fsp3) is 0.200. The number of anilines is 1. The quantitative estimate of drug-likeness (QED) is 0.407. The third-order valence-electron chi connectivity index (χ3n) is 4.24. The van der Waals surface area contributed by atoms with E-state index < -0.39 is 36.6 Å². The van der Waals surface area contributed by atoms with Gasteiger partial charge in [0.05, 0.1) is 25.5 Å². The number of carbonyl (C=O) groups is 4. The Morgan fingerprint density at radius 3 is 2.39 bits per heavy atom. The average Bonchev–Trinajstić information content (AvgIpc) is 2.96. The molecule has 2 aromatic rings. The number of para-hydroxylation sites is 1. The lowest BCUT2D eigenvalue weighted by atomic mass is 10.1. The fourth-order valence-corrected chi connectivity index (χ4v) is 2.82. The summed E-state index contributed by atoms with van der Waals surface area (Å²) in [5.74, 6) is -1.89. The van der Waals surface area contributed by atoms with E-state index in [1.54, 1.807) is 24.3 Å². The number of amides is 1. The van der Waals surface area contributed by atoms with Gasteiger partial charge in [-0.15, -0.1) is 0 Å². The van der Waals surface area contributed by atoms with Crippen molar-refractivity contribution in [2.24, 2.45) is 0 Å². The Hall–Kier alpha value is -3.68. The number of fused-ring (bicyclic) bond motifs is 1. The minimum Gasteiger partial charge on any atom is -0.493 e. The molecule has 0 unspecified atom stereocenters. The first-order valence-corrected chi connectivity index (χ1v) is 8.32. The summed E-state index contributed by atoms with van der Waals surface area (Å²) in [5.41, 5.74) is 0.866. The highest BCUT2D eigenvalue weighted by Crippen LogP contribution is 2.29. The van der Waals surface area contributed by atoms with Crippen LogP contribution < -0.4 is 14.4 Å². The van der Waals surface area contributed by atoms with E-state index in [2.05, 4.69) is 0 Å². The van der Waals surface area contributed by atoms with Crippen molar-refractivity contribution in [1.29, 1.82) is 0 Å². The molecule has 0 atom stereocenters. The lowest BCUT2D eigenvalue weighted by Gasteiger charge is -2.15. The topological polar surface area (TPSA) is 99.2 Å². The maximum absolute atomic E-state index is 12.3. The Balaban J connectivity index is 1.63. The summed E-state index contributed by atoms with van der Waals surface area (Å²) >= 11 is 0. The second-order valence-corrected chi connectivity index (χ2v) is 5.89. The van der Waals surface area contributed by atoms with Gasteiger partial charge in [0.15, 0.2) is 23.9 Å². The first kappa shape index (κ1) is 19.1. The van der Waals surface area contributed by atoms with Gasteiger partial charge in [-0.05, 0) is 30.3 Å². The molecule has 1 amide bonds. The minimum absolute atomic E-state index is 0.238. The van der Waals surface area contributed by atoms with Gasteiger partial charge in [0, 0.05) is 5.56 Å². The molecule has 0 fully saturated rings. The number of hydrogen-bond donors (Lipinski definition) is 0. The molecule has 1 aliphatic heterocycles. The number of ether oxygens (including phenoxy) is 3. The van der Waals surface area contributed by atoms with Crippen molar-refractivity contribution >= 4 is 29.1 Å². The average molecular weight is 383 g/mol. The Labute approximate surface area is 160 Å². The lowest BCUT2D eigenvalue weighted by Crippen LogP contribution is -2.36. The molecule has 144 valence electrons. The molecule has 0 N–H and O–H groups in total. The van der Waals surface area contributed by atoms with E-state index in [9.17, 15) is 19.2 Å². The van der Waals surface area contributed by atoms with Gasteiger partial charge in [0.25, 0.3) is 11.7 Å². The van der Waals surface area contributed by atoms with Crippen molar-refractivity contribution in [3.63, 3.8) is 0 Å². The van der Waals surface area contributed by atoms with Crippen molar-refractivity contribution in [3.8, 4) is 11.5 Å². The molecule has 3 rings (SSSR count). The molecule has 2 aromatic carbocycles. The monoisotopic (exact) mass is 383 g/mol. The van der Waals surface area contributed by atoms with Crippen LogP contribution in [0.3, 0.4) is 0 Å². The standard InChI is InChI=1S/C20H17NO7/c1-26-16-8-7-12(9-17(16)27-2)15(22)11-28-18(23)10-21-14-6-4-3-5-13(14)19(24)20(21)25/h3-9H,10-11H2,1-2H3. The van der Waals surface area contributed by atoms with E-state index in [4.69, 9.17) is 14.2 Å². The molecule has 0 aromatic heterocycles. The van der Waals surface area contributed by atoms with Gasteiger partial charge in [-0.2, -0.15) is 0 Å². The maximum atomic E-state index is 12.3. The van der Waals surface area contributed by atoms with E-state index >= 15 is 0 Å². The van der Waals surface area contributed by atoms with Crippen molar-refractivity contribution < 1.29 is 33.4 Å². The molecule has 1 heterocycles. The van der Waals surface area contributed by atoms with Crippen LogP contribution >= 0.6 is 0 Å². The number of benzene rings is 2. The third kappa shape index (κ3) is 3.57. The number of carbonyl (C=O) groups excluding carboxylic acids is 4. The SMILES string of the molecule is COc1ccc(C(=O)COC(=O)CN2C(=O)C(=O)c3ccccc32)cc1OC. The second-order valence-electron chi connectivity index (χ2n) is 5.89. The van der Waals surface area contributed by atoms with Crippen LogP contribution in [0.25, 0.3) is 0 Å². The fourth-order valence-electron chi connectivity index (χ4n) is 2.82. The third-order valence-corrected chi connectivity index (χ3v) is 4.24. The molecule has 0 bridgehead atoms. The predicted molar refractivity (Wildman–Crippen MR) is 98.0 cm³/mol. The molecule has 0 aliphatic carbocycles. The van der Waals surface area contributed by atoms with E-state index in [-0.39, 0.29) is 11.1 Å². The summed E-state index contributed by atoms with van der Waals surface area (Å²) in [6, 6.07) is 10.9. The number of methoxy groups -OCH3 is 2. The van der Waals surface area contributed by atoms with Gasteiger partial charge in [0.2, 0.25) is 0 Å². The molecule has 0 radical (unpaired) electrons. The maximum Gasteiger partial charge on any atom is 0.326 e. The molecule has 0 saturated carbocycles. The van der Waals surface area contributed by atoms with Gasteiger partial charge in [-0.25, -0.2) is 0 Å². The molecular formula is C20H17NO7. The van der Waals surface area contributed by atoms with Crippen molar-refractivity contribution in [1.82, 2.24) is 0 Å². The van der Waals surface area contributed by atoms with Crippen LogP contribution in [0.4, 0.5) is 5.69 Å². The van der Waals surface area contributed by atoms with Gasteiger partial charge in [-0.3, -0.25) is 24.1 Å². The number of nitrogens with zero attached hydrogens (tertiary/aromatic N) is 1. The highest BCUT2D eigenvalue weighted by Gasteiger charge is 2.36. The Kier molecular flexibility index (Phi) is 5.39. The zero-order valence-electron chi connectivity index (χ0n) is 15.3. The second kappa shape index (κ2) is 7.91. The summed E-state index contributed by atoms with van der Waals surface area (Å²) in [6.45, 7) is -0.966. The van der Waals surface area contributed by atoms with Crippen molar-refractivity contribution in [3.05, 3.63) is 53.6 Å². The molecule has 8 heteroatoms. The largest absolute Gasteiger partial charge is 0.493 e. The summed E-state index contributed by atoms with van der Waals surface area (Å²) in [5, 5.41) is 0. The zero-order chi connectivity index (χ0) is 20.3. The summed E-state index contributed by atoms with van der Waals surface area (Å²) in [4.78, 5) is 49.4. The number of ketones is 2. The molecule has 8 nitrogen and oxygen atoms in total. The van der Waals surface area contributed by atoms with Crippen LogP contribution in [0.15, 0.2) is 42.5 Å². The molecular weight excluding hydrogens is 366 g/mol. The van der Waals surface area contributed by atoms with E-state index in [1.165, 1.54) is 32.4 Å². The van der Waals surface area contributed by atoms with E-state index in [0.717, 1.165) is 4.90 Å². The van der Waals surface area contributed by atoms with Crippen molar-refractivity contribution in [2.75, 3.05) is 32.3 Å².